The number of nitrogens with two attached hydrogens (primary N) is 2. The minimum absolute atomic E-state index is 0.359. The number of thiocarbonyl (C=S) groups is 1. The molecule has 1 aliphatic carbocycles. The largest absolute Gasteiger partial charge is 0.391 e. The van der Waals surface area contributed by atoms with Crippen molar-refractivity contribution in [2.45, 2.75) is 44.1 Å². The van der Waals surface area contributed by atoms with Gasteiger partial charge in [-0.1, -0.05) is 37.9 Å². The summed E-state index contributed by atoms with van der Waals surface area (Å²) in [6, 6.07) is -0.542. The van der Waals surface area contributed by atoms with Crippen LogP contribution in [-0.4, -0.2) is 16.6 Å². The van der Waals surface area contributed by atoms with E-state index in [1.807, 2.05) is 0 Å². The number of primary amides is 1. The molecular formula is C9H17N3OS. The van der Waals surface area contributed by atoms with E-state index in [9.17, 15) is 4.79 Å². The van der Waals surface area contributed by atoms with Gasteiger partial charge in [0.25, 0.3) is 0 Å². The third kappa shape index (κ3) is 2.57. The molecule has 14 heavy (non-hydrogen) atoms. The van der Waals surface area contributed by atoms with Crippen LogP contribution >= 0.6 is 12.2 Å². The molecule has 0 bridgehead atoms. The maximum atomic E-state index is 10.9. The van der Waals surface area contributed by atoms with Gasteiger partial charge in [0.1, 0.15) is 0 Å². The Labute approximate surface area is 89.4 Å². The Kier molecular flexibility index (Phi) is 3.69. The average Bonchev–Trinajstić information content (AvgIpc) is 2.29. The Balaban J connectivity index is 2.77. The lowest BCUT2D eigenvalue weighted by Crippen LogP contribution is -2.57. The molecule has 0 aromatic heterocycles. The standard InChI is InChI=1S/C9H17N3OS/c10-7(14)9(12-8(11)13)5-3-1-2-4-6-9/h1-6H2,(H2,10,14)(H3,11,12,13). The molecule has 0 spiro atoms. The third-order valence-electron chi connectivity index (χ3n) is 2.79. The summed E-state index contributed by atoms with van der Waals surface area (Å²) in [6.45, 7) is 0. The van der Waals surface area contributed by atoms with Gasteiger partial charge in [0.2, 0.25) is 0 Å². The number of rotatable bonds is 2. The summed E-state index contributed by atoms with van der Waals surface area (Å²) in [5, 5.41) is 2.71. The predicted octanol–water partition coefficient (Wildman–Crippen LogP) is 1.03. The van der Waals surface area contributed by atoms with Crippen LogP contribution in [0.25, 0.3) is 0 Å². The fourth-order valence-corrected chi connectivity index (χ4v) is 2.26. The monoisotopic (exact) mass is 215 g/mol. The molecule has 0 heterocycles. The summed E-state index contributed by atoms with van der Waals surface area (Å²) in [5.74, 6) is 0. The van der Waals surface area contributed by atoms with E-state index in [4.69, 9.17) is 23.7 Å². The minimum atomic E-state index is -0.542. The van der Waals surface area contributed by atoms with Crippen LogP contribution in [0.3, 0.4) is 0 Å². The van der Waals surface area contributed by atoms with Crippen molar-refractivity contribution in [2.24, 2.45) is 11.5 Å². The lowest BCUT2D eigenvalue weighted by Gasteiger charge is -2.31. The van der Waals surface area contributed by atoms with Crippen molar-refractivity contribution >= 4 is 23.2 Å². The molecule has 2 amide bonds. The van der Waals surface area contributed by atoms with E-state index in [1.54, 1.807) is 0 Å². The number of urea groups is 1. The van der Waals surface area contributed by atoms with Crippen LogP contribution in [0, 0.1) is 0 Å². The lowest BCUT2D eigenvalue weighted by atomic mass is 9.90. The van der Waals surface area contributed by atoms with E-state index < -0.39 is 11.6 Å². The van der Waals surface area contributed by atoms with E-state index in [-0.39, 0.29) is 0 Å². The molecule has 0 unspecified atom stereocenters. The van der Waals surface area contributed by atoms with Crippen LogP contribution in [0.15, 0.2) is 0 Å². The average molecular weight is 215 g/mol. The van der Waals surface area contributed by atoms with Gasteiger partial charge >= 0.3 is 6.03 Å². The first-order valence-electron chi connectivity index (χ1n) is 4.94. The van der Waals surface area contributed by atoms with Crippen LogP contribution < -0.4 is 16.8 Å². The van der Waals surface area contributed by atoms with E-state index >= 15 is 0 Å². The summed E-state index contributed by atoms with van der Waals surface area (Å²) in [6.07, 6.45) is 6.04. The van der Waals surface area contributed by atoms with Gasteiger partial charge in [-0.05, 0) is 12.8 Å². The highest BCUT2D eigenvalue weighted by molar-refractivity contribution is 7.80. The van der Waals surface area contributed by atoms with Gasteiger partial charge in [-0.25, -0.2) is 4.79 Å². The second-order valence-corrected chi connectivity index (χ2v) is 4.29. The quantitative estimate of drug-likeness (QED) is 0.475. The number of amides is 2. The summed E-state index contributed by atoms with van der Waals surface area (Å²) >= 11 is 5.01. The Morgan fingerprint density at radius 2 is 1.64 bits per heavy atom. The number of hydrogen-bond acceptors (Lipinski definition) is 2. The number of hydrogen-bond donors (Lipinski definition) is 3. The summed E-state index contributed by atoms with van der Waals surface area (Å²) in [7, 11) is 0. The molecule has 1 fully saturated rings. The van der Waals surface area contributed by atoms with Gasteiger partial charge in [0.15, 0.2) is 0 Å². The predicted molar refractivity (Wildman–Crippen MR) is 59.9 cm³/mol. The van der Waals surface area contributed by atoms with Crippen molar-refractivity contribution in [3.8, 4) is 0 Å². The van der Waals surface area contributed by atoms with Crippen LogP contribution in [0.5, 0.6) is 0 Å². The molecule has 0 radical (unpaired) electrons. The Morgan fingerprint density at radius 1 is 1.14 bits per heavy atom. The molecule has 0 aromatic rings. The smallest absolute Gasteiger partial charge is 0.312 e. The normalized spacial score (nSPS) is 20.9. The molecule has 5 N–H and O–H groups in total. The van der Waals surface area contributed by atoms with E-state index in [1.165, 1.54) is 12.8 Å². The van der Waals surface area contributed by atoms with Crippen molar-refractivity contribution in [2.75, 3.05) is 0 Å². The Hall–Kier alpha value is -0.840. The Morgan fingerprint density at radius 3 is 2.00 bits per heavy atom. The highest BCUT2D eigenvalue weighted by Crippen LogP contribution is 2.27. The van der Waals surface area contributed by atoms with Gasteiger partial charge in [-0.15, -0.1) is 0 Å². The molecule has 1 rings (SSSR count). The van der Waals surface area contributed by atoms with Crippen molar-refractivity contribution in [3.05, 3.63) is 0 Å². The second kappa shape index (κ2) is 4.59. The van der Waals surface area contributed by atoms with E-state index in [0.29, 0.717) is 4.99 Å². The minimum Gasteiger partial charge on any atom is -0.391 e. The number of nitrogens with one attached hydrogen (secondary N) is 1. The zero-order valence-corrected chi connectivity index (χ0v) is 9.03. The lowest BCUT2D eigenvalue weighted by molar-refractivity contribution is 0.239. The van der Waals surface area contributed by atoms with Gasteiger partial charge < -0.3 is 16.8 Å². The van der Waals surface area contributed by atoms with Crippen molar-refractivity contribution < 1.29 is 4.79 Å². The molecule has 1 aliphatic rings. The molecule has 5 heteroatoms. The first kappa shape index (κ1) is 11.2. The molecule has 0 aliphatic heterocycles. The van der Waals surface area contributed by atoms with Gasteiger partial charge in [-0.2, -0.15) is 0 Å². The van der Waals surface area contributed by atoms with Crippen LogP contribution in [0.2, 0.25) is 0 Å². The highest BCUT2D eigenvalue weighted by Gasteiger charge is 2.34. The van der Waals surface area contributed by atoms with Crippen LogP contribution in [0.4, 0.5) is 4.79 Å². The van der Waals surface area contributed by atoms with Crippen molar-refractivity contribution in [1.82, 2.24) is 5.32 Å². The third-order valence-corrected chi connectivity index (χ3v) is 3.18. The Bertz CT molecular complexity index is 234. The molecule has 80 valence electrons. The van der Waals surface area contributed by atoms with Crippen LogP contribution in [-0.2, 0) is 0 Å². The van der Waals surface area contributed by atoms with Gasteiger partial charge in [-0.3, -0.25) is 0 Å². The van der Waals surface area contributed by atoms with Gasteiger partial charge in [0.05, 0.1) is 10.5 Å². The fraction of sp³-hybridized carbons (Fsp3) is 0.778. The topological polar surface area (TPSA) is 81.1 Å². The zero-order chi connectivity index (χ0) is 10.6. The summed E-state index contributed by atoms with van der Waals surface area (Å²) < 4.78 is 0. The molecule has 4 nitrogen and oxygen atoms in total. The van der Waals surface area contributed by atoms with Crippen molar-refractivity contribution in [3.63, 3.8) is 0 Å². The SMILES string of the molecule is NC(=O)NC1(C(N)=S)CCCCCC1. The first-order valence-corrected chi connectivity index (χ1v) is 5.35. The van der Waals surface area contributed by atoms with E-state index in [2.05, 4.69) is 5.32 Å². The molecule has 1 saturated carbocycles. The highest BCUT2D eigenvalue weighted by atomic mass is 32.1. The van der Waals surface area contributed by atoms with Gasteiger partial charge in [0, 0.05) is 0 Å². The molecule has 0 atom stereocenters. The number of carbonyl (C=O) groups is 1. The maximum Gasteiger partial charge on any atom is 0.312 e. The summed E-state index contributed by atoms with van der Waals surface area (Å²) in [5.41, 5.74) is 10.3. The maximum absolute atomic E-state index is 10.9. The second-order valence-electron chi connectivity index (χ2n) is 3.85. The molecule has 0 saturated heterocycles. The molecule has 0 aromatic carbocycles. The molecular weight excluding hydrogens is 198 g/mol. The zero-order valence-electron chi connectivity index (χ0n) is 8.21. The van der Waals surface area contributed by atoms with E-state index in [0.717, 1.165) is 25.7 Å². The number of carbonyl (C=O) groups excluding carboxylic acids is 1. The first-order chi connectivity index (χ1) is 6.57. The fourth-order valence-electron chi connectivity index (χ4n) is 2.00. The van der Waals surface area contributed by atoms with Crippen LogP contribution in [0.1, 0.15) is 38.5 Å². The summed E-state index contributed by atoms with van der Waals surface area (Å²) in [4.78, 5) is 11.2. The van der Waals surface area contributed by atoms with Crippen molar-refractivity contribution in [1.29, 1.82) is 0 Å².